The standard InChI is InChI=1S/C9H14N2O/c1-2-6-11(10-5-1)9-3-7-12-8-4-9/h1-2,5-6,9-10H,3-4,7-8H2. The van der Waals surface area contributed by atoms with Gasteiger partial charge in [0.1, 0.15) is 0 Å². The lowest BCUT2D eigenvalue weighted by Crippen LogP contribution is -2.42. The predicted octanol–water partition coefficient (Wildman–Crippen LogP) is 1.01. The Morgan fingerprint density at radius 2 is 2.08 bits per heavy atom. The molecular weight excluding hydrogens is 152 g/mol. The molecule has 0 amide bonds. The smallest absolute Gasteiger partial charge is 0.0541 e. The van der Waals surface area contributed by atoms with Crippen LogP contribution in [0.15, 0.2) is 24.6 Å². The Hall–Kier alpha value is -0.960. The predicted molar refractivity (Wildman–Crippen MR) is 47.1 cm³/mol. The lowest BCUT2D eigenvalue weighted by Gasteiger charge is -2.33. The molecule has 0 aliphatic carbocycles. The Balaban J connectivity index is 1.90. The van der Waals surface area contributed by atoms with Crippen molar-refractivity contribution < 1.29 is 4.74 Å². The zero-order valence-corrected chi connectivity index (χ0v) is 7.07. The summed E-state index contributed by atoms with van der Waals surface area (Å²) >= 11 is 0. The first-order valence-corrected chi connectivity index (χ1v) is 4.42. The lowest BCUT2D eigenvalue weighted by atomic mass is 10.1. The van der Waals surface area contributed by atoms with Gasteiger partial charge in [0, 0.05) is 25.6 Å². The van der Waals surface area contributed by atoms with E-state index in [0.29, 0.717) is 6.04 Å². The molecule has 0 aromatic heterocycles. The third kappa shape index (κ3) is 1.61. The van der Waals surface area contributed by atoms with Gasteiger partial charge in [-0.2, -0.15) is 0 Å². The van der Waals surface area contributed by atoms with E-state index in [0.717, 1.165) is 26.1 Å². The van der Waals surface area contributed by atoms with Gasteiger partial charge in [0.05, 0.1) is 6.04 Å². The average molecular weight is 166 g/mol. The normalized spacial score (nSPS) is 24.2. The van der Waals surface area contributed by atoms with Crippen LogP contribution in [0.5, 0.6) is 0 Å². The number of hydrazine groups is 1. The molecule has 0 saturated carbocycles. The molecule has 0 radical (unpaired) electrons. The van der Waals surface area contributed by atoms with Crippen LogP contribution in [0.25, 0.3) is 0 Å². The second-order valence-electron chi connectivity index (χ2n) is 3.08. The molecule has 2 rings (SSSR count). The zero-order chi connectivity index (χ0) is 8.23. The highest BCUT2D eigenvalue weighted by molar-refractivity contribution is 5.06. The van der Waals surface area contributed by atoms with Crippen molar-refractivity contribution >= 4 is 0 Å². The fourth-order valence-corrected chi connectivity index (χ4v) is 1.56. The van der Waals surface area contributed by atoms with Crippen molar-refractivity contribution in [2.45, 2.75) is 18.9 Å². The summed E-state index contributed by atoms with van der Waals surface area (Å²) in [7, 11) is 0. The quantitative estimate of drug-likeness (QED) is 0.629. The van der Waals surface area contributed by atoms with Crippen molar-refractivity contribution in [1.29, 1.82) is 0 Å². The van der Waals surface area contributed by atoms with Gasteiger partial charge in [0.15, 0.2) is 0 Å². The molecule has 0 spiro atoms. The van der Waals surface area contributed by atoms with Crippen LogP contribution in [0.1, 0.15) is 12.8 Å². The number of nitrogens with zero attached hydrogens (tertiary/aromatic N) is 1. The Morgan fingerprint density at radius 1 is 1.25 bits per heavy atom. The lowest BCUT2D eigenvalue weighted by molar-refractivity contribution is 0.0394. The van der Waals surface area contributed by atoms with Gasteiger partial charge in [0.25, 0.3) is 0 Å². The first-order chi connectivity index (χ1) is 5.97. The van der Waals surface area contributed by atoms with Crippen molar-refractivity contribution in [1.82, 2.24) is 10.4 Å². The molecule has 0 aromatic carbocycles. The van der Waals surface area contributed by atoms with Crippen LogP contribution in [-0.2, 0) is 4.74 Å². The largest absolute Gasteiger partial charge is 0.381 e. The zero-order valence-electron chi connectivity index (χ0n) is 7.07. The maximum Gasteiger partial charge on any atom is 0.0541 e. The third-order valence-electron chi connectivity index (χ3n) is 2.26. The highest BCUT2D eigenvalue weighted by atomic mass is 16.5. The molecule has 1 fully saturated rings. The van der Waals surface area contributed by atoms with Crippen LogP contribution in [0.2, 0.25) is 0 Å². The van der Waals surface area contributed by atoms with E-state index in [1.807, 2.05) is 18.4 Å². The molecule has 0 aromatic rings. The van der Waals surface area contributed by atoms with E-state index in [1.54, 1.807) is 0 Å². The second kappa shape index (κ2) is 3.63. The van der Waals surface area contributed by atoms with Crippen LogP contribution in [0, 0.1) is 0 Å². The second-order valence-corrected chi connectivity index (χ2v) is 3.08. The highest BCUT2D eigenvalue weighted by Gasteiger charge is 2.18. The van der Waals surface area contributed by atoms with E-state index >= 15 is 0 Å². The molecule has 1 saturated heterocycles. The van der Waals surface area contributed by atoms with Gasteiger partial charge >= 0.3 is 0 Å². The van der Waals surface area contributed by atoms with Crippen molar-refractivity contribution in [2.75, 3.05) is 13.2 Å². The molecule has 66 valence electrons. The topological polar surface area (TPSA) is 24.5 Å². The van der Waals surface area contributed by atoms with Crippen LogP contribution in [0.4, 0.5) is 0 Å². The third-order valence-corrected chi connectivity index (χ3v) is 2.26. The molecular formula is C9H14N2O. The van der Waals surface area contributed by atoms with Crippen LogP contribution in [0.3, 0.4) is 0 Å². The van der Waals surface area contributed by atoms with Crippen LogP contribution in [-0.4, -0.2) is 24.3 Å². The number of allylic oxidation sites excluding steroid dienone is 2. The molecule has 2 heterocycles. The van der Waals surface area contributed by atoms with Gasteiger partial charge in [-0.3, -0.25) is 5.01 Å². The van der Waals surface area contributed by atoms with E-state index in [-0.39, 0.29) is 0 Å². The summed E-state index contributed by atoms with van der Waals surface area (Å²) in [6.07, 6.45) is 10.3. The Labute approximate surface area is 72.7 Å². The molecule has 2 aliphatic heterocycles. The Bertz CT molecular complexity index is 195. The van der Waals surface area contributed by atoms with E-state index in [4.69, 9.17) is 4.74 Å². The first kappa shape index (κ1) is 7.68. The summed E-state index contributed by atoms with van der Waals surface area (Å²) in [5.41, 5.74) is 3.20. The minimum atomic E-state index is 0.597. The van der Waals surface area contributed by atoms with Gasteiger partial charge in [-0.15, -0.1) is 0 Å². The van der Waals surface area contributed by atoms with Gasteiger partial charge in [-0.05, 0) is 25.0 Å². The maximum absolute atomic E-state index is 5.29. The molecule has 2 aliphatic rings. The molecule has 12 heavy (non-hydrogen) atoms. The van der Waals surface area contributed by atoms with Gasteiger partial charge in [-0.1, -0.05) is 0 Å². The minimum absolute atomic E-state index is 0.597. The van der Waals surface area contributed by atoms with Crippen LogP contribution >= 0.6 is 0 Å². The van der Waals surface area contributed by atoms with E-state index in [2.05, 4.69) is 16.6 Å². The fourth-order valence-electron chi connectivity index (χ4n) is 1.56. The summed E-state index contributed by atoms with van der Waals surface area (Å²) in [6, 6.07) is 0.597. The molecule has 0 atom stereocenters. The number of nitrogens with one attached hydrogen (secondary N) is 1. The van der Waals surface area contributed by atoms with Gasteiger partial charge < -0.3 is 10.2 Å². The molecule has 0 bridgehead atoms. The highest BCUT2D eigenvalue weighted by Crippen LogP contribution is 2.13. The van der Waals surface area contributed by atoms with E-state index < -0.39 is 0 Å². The van der Waals surface area contributed by atoms with Gasteiger partial charge in [0.2, 0.25) is 0 Å². The average Bonchev–Trinajstić information content (AvgIpc) is 2.21. The number of hydrogen-bond donors (Lipinski definition) is 1. The summed E-state index contributed by atoms with van der Waals surface area (Å²) in [5, 5.41) is 2.16. The minimum Gasteiger partial charge on any atom is -0.381 e. The SMILES string of the molecule is C1=CNN(C2CCOCC2)C=C1. The number of rotatable bonds is 1. The summed E-state index contributed by atoms with van der Waals surface area (Å²) < 4.78 is 5.29. The summed E-state index contributed by atoms with van der Waals surface area (Å²) in [6.45, 7) is 1.78. The van der Waals surface area contributed by atoms with E-state index in [9.17, 15) is 0 Å². The Kier molecular flexibility index (Phi) is 2.32. The number of hydrogen-bond acceptors (Lipinski definition) is 3. The van der Waals surface area contributed by atoms with Crippen molar-refractivity contribution in [3.05, 3.63) is 24.6 Å². The molecule has 0 unspecified atom stereocenters. The number of ether oxygens (including phenoxy) is 1. The van der Waals surface area contributed by atoms with Crippen LogP contribution < -0.4 is 5.43 Å². The molecule has 3 nitrogen and oxygen atoms in total. The molecule has 1 N–H and O–H groups in total. The Morgan fingerprint density at radius 3 is 2.75 bits per heavy atom. The van der Waals surface area contributed by atoms with Crippen molar-refractivity contribution in [3.8, 4) is 0 Å². The summed E-state index contributed by atoms with van der Waals surface area (Å²) in [5.74, 6) is 0. The van der Waals surface area contributed by atoms with Crippen molar-refractivity contribution in [2.24, 2.45) is 0 Å². The van der Waals surface area contributed by atoms with Gasteiger partial charge in [-0.25, -0.2) is 0 Å². The molecule has 3 heteroatoms. The monoisotopic (exact) mass is 166 g/mol. The fraction of sp³-hybridized carbons (Fsp3) is 0.556. The maximum atomic E-state index is 5.29. The van der Waals surface area contributed by atoms with Crippen molar-refractivity contribution in [3.63, 3.8) is 0 Å². The van der Waals surface area contributed by atoms with E-state index in [1.165, 1.54) is 0 Å². The first-order valence-electron chi connectivity index (χ1n) is 4.42. The summed E-state index contributed by atoms with van der Waals surface area (Å²) in [4.78, 5) is 0.